The lowest BCUT2D eigenvalue weighted by Crippen LogP contribution is -2.10. The maximum atomic E-state index is 2.46. The number of fused-ring (bicyclic) bond motifs is 10. The molecule has 2 nitrogen and oxygen atoms in total. The second-order valence-corrected chi connectivity index (χ2v) is 19.9. The Kier molecular flexibility index (Phi) is 8.98. The predicted octanol–water partition coefficient (Wildman–Crippen LogP) is 19.1. The first-order chi connectivity index (χ1) is 33.7. The van der Waals surface area contributed by atoms with Gasteiger partial charge in [-0.25, -0.2) is 0 Å². The van der Waals surface area contributed by atoms with Crippen molar-refractivity contribution in [1.82, 2.24) is 4.57 Å². The number of benzene rings is 11. The summed E-state index contributed by atoms with van der Waals surface area (Å²) < 4.78 is 7.62. The van der Waals surface area contributed by atoms with Crippen molar-refractivity contribution in [2.24, 2.45) is 0 Å². The van der Waals surface area contributed by atoms with Crippen LogP contribution in [0.1, 0.15) is 0 Å². The Morgan fingerprint density at radius 3 is 1.62 bits per heavy atom. The van der Waals surface area contributed by atoms with Crippen molar-refractivity contribution in [3.63, 3.8) is 0 Å². The van der Waals surface area contributed by atoms with Crippen molar-refractivity contribution >= 4 is 113 Å². The Labute approximate surface area is 401 Å². The highest BCUT2D eigenvalue weighted by atomic mass is 32.1. The number of hydrogen-bond acceptors (Lipinski definition) is 3. The maximum absolute atomic E-state index is 2.46. The Bertz CT molecular complexity index is 4250. The number of aromatic nitrogens is 1. The van der Waals surface area contributed by atoms with E-state index in [4.69, 9.17) is 0 Å². The third kappa shape index (κ3) is 6.37. The van der Waals surface area contributed by atoms with Gasteiger partial charge in [0, 0.05) is 68.2 Å². The first-order valence-corrected chi connectivity index (χ1v) is 24.8. The average Bonchev–Trinajstić information content (AvgIpc) is 4.08. The summed E-state index contributed by atoms with van der Waals surface area (Å²) in [6.07, 6.45) is 0. The second kappa shape index (κ2) is 15.7. The van der Waals surface area contributed by atoms with Gasteiger partial charge in [0.05, 0.1) is 16.7 Å². The SMILES string of the molecule is c1ccc(-c2ccc3sc4ccc(-c5ccc(N(c6cccc(-c7ccc8c9cc%10ccccc%10cc9n(-c9ccccc9)c8c7)c6)c6cccc7sc8ccccc8c67)cc5)cc4c3c2)cc1. The number of thiophene rings is 2. The molecule has 0 saturated heterocycles. The predicted molar refractivity (Wildman–Crippen MR) is 295 cm³/mol. The molecular formula is C64H40N2S2. The third-order valence-electron chi connectivity index (χ3n) is 13.7. The summed E-state index contributed by atoms with van der Waals surface area (Å²) in [6, 6.07) is 89.6. The smallest absolute Gasteiger partial charge is 0.0554 e. The topological polar surface area (TPSA) is 8.17 Å². The van der Waals surface area contributed by atoms with Gasteiger partial charge >= 0.3 is 0 Å². The Morgan fingerprint density at radius 2 is 0.838 bits per heavy atom. The normalized spacial score (nSPS) is 11.8. The average molecular weight is 901 g/mol. The molecule has 4 heteroatoms. The van der Waals surface area contributed by atoms with Crippen LogP contribution in [-0.2, 0) is 0 Å². The van der Waals surface area contributed by atoms with E-state index in [1.54, 1.807) is 0 Å². The lowest BCUT2D eigenvalue weighted by Gasteiger charge is -2.27. The fourth-order valence-electron chi connectivity index (χ4n) is 10.5. The van der Waals surface area contributed by atoms with Gasteiger partial charge < -0.3 is 9.47 Å². The van der Waals surface area contributed by atoms with Gasteiger partial charge in [0.25, 0.3) is 0 Å². The molecule has 0 unspecified atom stereocenters. The quantitative estimate of drug-likeness (QED) is 0.155. The highest BCUT2D eigenvalue weighted by Crippen LogP contribution is 2.47. The van der Waals surface area contributed by atoms with Crippen molar-refractivity contribution in [1.29, 1.82) is 0 Å². The Hall–Kier alpha value is -8.28. The van der Waals surface area contributed by atoms with Gasteiger partial charge in [-0.15, -0.1) is 22.7 Å². The van der Waals surface area contributed by atoms with Crippen LogP contribution in [0.15, 0.2) is 243 Å². The van der Waals surface area contributed by atoms with Gasteiger partial charge in [0.15, 0.2) is 0 Å². The van der Waals surface area contributed by atoms with Crippen molar-refractivity contribution in [3.8, 4) is 39.1 Å². The molecule has 0 fully saturated rings. The van der Waals surface area contributed by atoms with Crippen LogP contribution in [0.25, 0.3) is 112 Å². The van der Waals surface area contributed by atoms with Crippen LogP contribution in [0.5, 0.6) is 0 Å². The fourth-order valence-corrected chi connectivity index (χ4v) is 12.7. The van der Waals surface area contributed by atoms with Gasteiger partial charge in [0.2, 0.25) is 0 Å². The minimum atomic E-state index is 1.10. The largest absolute Gasteiger partial charge is 0.310 e. The van der Waals surface area contributed by atoms with Crippen molar-refractivity contribution < 1.29 is 0 Å². The van der Waals surface area contributed by atoms with Crippen LogP contribution in [0.2, 0.25) is 0 Å². The van der Waals surface area contributed by atoms with E-state index in [0.29, 0.717) is 0 Å². The molecule has 14 rings (SSSR count). The zero-order chi connectivity index (χ0) is 44.7. The lowest BCUT2D eigenvalue weighted by atomic mass is 9.99. The molecule has 0 radical (unpaired) electrons. The number of hydrogen-bond donors (Lipinski definition) is 0. The summed E-state index contributed by atoms with van der Waals surface area (Å²) in [7, 11) is 0. The van der Waals surface area contributed by atoms with Crippen LogP contribution < -0.4 is 4.90 Å². The Morgan fingerprint density at radius 1 is 0.294 bits per heavy atom. The van der Waals surface area contributed by atoms with E-state index < -0.39 is 0 Å². The summed E-state index contributed by atoms with van der Waals surface area (Å²) in [6.45, 7) is 0. The minimum Gasteiger partial charge on any atom is -0.310 e. The number of anilines is 3. The van der Waals surface area contributed by atoms with Crippen LogP contribution >= 0.6 is 22.7 Å². The van der Waals surface area contributed by atoms with Gasteiger partial charge in [-0.3, -0.25) is 0 Å². The molecule has 0 aliphatic carbocycles. The van der Waals surface area contributed by atoms with E-state index in [-0.39, 0.29) is 0 Å². The van der Waals surface area contributed by atoms with Crippen molar-refractivity contribution in [2.45, 2.75) is 0 Å². The first-order valence-electron chi connectivity index (χ1n) is 23.1. The number of nitrogens with zero attached hydrogens (tertiary/aromatic N) is 2. The molecule has 0 aliphatic heterocycles. The molecule has 14 aromatic rings. The third-order valence-corrected chi connectivity index (χ3v) is 16.0. The Balaban J connectivity index is 0.908. The van der Waals surface area contributed by atoms with Crippen LogP contribution in [0, 0.1) is 0 Å². The molecule has 0 amide bonds. The minimum absolute atomic E-state index is 1.10. The van der Waals surface area contributed by atoms with Gasteiger partial charge in [-0.2, -0.15) is 0 Å². The molecule has 68 heavy (non-hydrogen) atoms. The fraction of sp³-hybridized carbons (Fsp3) is 0. The molecule has 0 atom stereocenters. The van der Waals surface area contributed by atoms with Gasteiger partial charge in [0.1, 0.15) is 0 Å². The van der Waals surface area contributed by atoms with E-state index in [1.807, 2.05) is 22.7 Å². The summed E-state index contributed by atoms with van der Waals surface area (Å²) in [5, 5.41) is 10.2. The maximum Gasteiger partial charge on any atom is 0.0554 e. The standard InChI is InChI=1S/C64H40N2S2/c1-3-13-41(14-4-1)46-28-33-61-55(37-46)56-38-47(29-34-62(56)67-61)42-25-30-50(31-26-42)65(57-22-12-24-63-64(57)53-21-9-10-23-60(53)68-63)51-20-11-17-43(35-51)48-27-32-52-54-36-44-15-7-8-16-45(44)39-59(54)66(58(52)40-48)49-18-5-2-6-19-49/h1-40H. The molecule has 0 aliphatic rings. The summed E-state index contributed by atoms with van der Waals surface area (Å²) in [4.78, 5) is 2.46. The number of para-hydroxylation sites is 1. The molecule has 0 bridgehead atoms. The summed E-state index contributed by atoms with van der Waals surface area (Å²) >= 11 is 3.73. The zero-order valence-corrected chi connectivity index (χ0v) is 38.4. The van der Waals surface area contributed by atoms with Gasteiger partial charge in [-0.05, 0) is 141 Å². The van der Waals surface area contributed by atoms with Crippen LogP contribution in [-0.4, -0.2) is 4.57 Å². The molecule has 0 spiro atoms. The van der Waals surface area contributed by atoms with Gasteiger partial charge in [-0.1, -0.05) is 146 Å². The van der Waals surface area contributed by atoms with E-state index in [0.717, 1.165) is 28.3 Å². The molecular weight excluding hydrogens is 861 g/mol. The first kappa shape index (κ1) is 38.9. The monoisotopic (exact) mass is 900 g/mol. The van der Waals surface area contributed by atoms with Crippen molar-refractivity contribution in [2.75, 3.05) is 4.90 Å². The van der Waals surface area contributed by atoms with Crippen LogP contribution in [0.3, 0.4) is 0 Å². The molecule has 3 aromatic heterocycles. The van der Waals surface area contributed by atoms with E-state index in [9.17, 15) is 0 Å². The molecule has 318 valence electrons. The summed E-state index contributed by atoms with van der Waals surface area (Å²) in [5.41, 5.74) is 14.2. The molecule has 3 heterocycles. The lowest BCUT2D eigenvalue weighted by molar-refractivity contribution is 1.18. The van der Waals surface area contributed by atoms with E-state index in [1.165, 1.54) is 101 Å². The molecule has 0 saturated carbocycles. The summed E-state index contributed by atoms with van der Waals surface area (Å²) in [5.74, 6) is 0. The highest BCUT2D eigenvalue weighted by Gasteiger charge is 2.21. The second-order valence-electron chi connectivity index (χ2n) is 17.7. The van der Waals surface area contributed by atoms with E-state index in [2.05, 4.69) is 252 Å². The highest BCUT2D eigenvalue weighted by molar-refractivity contribution is 7.26. The molecule has 11 aromatic carbocycles. The van der Waals surface area contributed by atoms with E-state index >= 15 is 0 Å². The number of rotatable bonds is 7. The molecule has 0 N–H and O–H groups in total. The van der Waals surface area contributed by atoms with Crippen LogP contribution in [0.4, 0.5) is 17.1 Å². The zero-order valence-electron chi connectivity index (χ0n) is 36.8. The van der Waals surface area contributed by atoms with Crippen molar-refractivity contribution in [3.05, 3.63) is 243 Å².